The van der Waals surface area contributed by atoms with Crippen LogP contribution >= 0.6 is 0 Å². The Kier molecular flexibility index (Phi) is 9.18. The highest BCUT2D eigenvalue weighted by Gasteiger charge is 2.24. The number of hydrogen-bond acceptors (Lipinski definition) is 3. The molecule has 0 spiro atoms. The highest BCUT2D eigenvalue weighted by Crippen LogP contribution is 2.48. The van der Waals surface area contributed by atoms with Crippen LogP contribution in [0.1, 0.15) is 0 Å². The smallest absolute Gasteiger partial charge is 0.159 e. The van der Waals surface area contributed by atoms with Gasteiger partial charge in [0.25, 0.3) is 0 Å². The van der Waals surface area contributed by atoms with Gasteiger partial charge in [-0.05, 0) is 115 Å². The molecule has 0 saturated heterocycles. The average molecular weight is 851 g/mol. The van der Waals surface area contributed by atoms with Gasteiger partial charge >= 0.3 is 0 Å². The fourth-order valence-corrected chi connectivity index (χ4v) is 11.2. The van der Waals surface area contributed by atoms with Crippen LogP contribution in [0.4, 0.5) is 34.1 Å². The summed E-state index contributed by atoms with van der Waals surface area (Å²) >= 11 is 0. The highest BCUT2D eigenvalue weighted by molar-refractivity contribution is 6.88. The summed E-state index contributed by atoms with van der Waals surface area (Å²) < 4.78 is 6.73. The second-order valence-corrected chi connectivity index (χ2v) is 23.2. The van der Waals surface area contributed by atoms with Crippen LogP contribution in [-0.2, 0) is 0 Å². The molecule has 0 aliphatic rings. The largest absolute Gasteiger partial charge is 0.454 e. The molecule has 65 heavy (non-hydrogen) atoms. The predicted molar refractivity (Wildman–Crippen MR) is 282 cm³/mol. The molecule has 0 bridgehead atoms. The first-order valence-electron chi connectivity index (χ1n) is 22.5. The first-order valence-corrected chi connectivity index (χ1v) is 26.0. The molecule has 1 aromatic heterocycles. The SMILES string of the molecule is C[Si](C)(C)c1ccc(N(c2ccccc2)c2ccc3c(c2)c2ccccc2c2c4ccc(N(c5ccccc5-c5ccccc5)c5cccc6c5oc5ccccc56)cc4ccc32)cc1. The molecule has 0 saturated carbocycles. The number of para-hydroxylation sites is 4. The topological polar surface area (TPSA) is 19.6 Å². The van der Waals surface area contributed by atoms with Crippen molar-refractivity contribution in [1.82, 2.24) is 0 Å². The second-order valence-electron chi connectivity index (χ2n) is 18.1. The molecule has 3 nitrogen and oxygen atoms in total. The Bertz CT molecular complexity index is 3740. The molecule has 4 heteroatoms. The van der Waals surface area contributed by atoms with Crippen LogP contribution in [0.5, 0.6) is 0 Å². The van der Waals surface area contributed by atoms with Crippen LogP contribution < -0.4 is 15.0 Å². The van der Waals surface area contributed by atoms with Crippen LogP contribution in [0, 0.1) is 0 Å². The predicted octanol–water partition coefficient (Wildman–Crippen LogP) is 17.4. The van der Waals surface area contributed by atoms with E-state index >= 15 is 0 Å². The summed E-state index contributed by atoms with van der Waals surface area (Å²) in [6.45, 7) is 7.22. The Morgan fingerprint density at radius 2 is 0.908 bits per heavy atom. The van der Waals surface area contributed by atoms with Gasteiger partial charge in [0.1, 0.15) is 5.58 Å². The van der Waals surface area contributed by atoms with Gasteiger partial charge in [0.15, 0.2) is 5.58 Å². The zero-order valence-electron chi connectivity index (χ0n) is 36.7. The Balaban J connectivity index is 1.06. The van der Waals surface area contributed by atoms with Crippen molar-refractivity contribution >= 4 is 112 Å². The van der Waals surface area contributed by atoms with Gasteiger partial charge in [0.05, 0.1) is 19.4 Å². The molecule has 0 amide bonds. The van der Waals surface area contributed by atoms with Gasteiger partial charge in [-0.2, -0.15) is 0 Å². The zero-order valence-corrected chi connectivity index (χ0v) is 37.7. The summed E-state index contributed by atoms with van der Waals surface area (Å²) in [6.07, 6.45) is 0. The van der Waals surface area contributed by atoms with Crippen molar-refractivity contribution in [2.75, 3.05) is 9.80 Å². The molecule has 0 unspecified atom stereocenters. The van der Waals surface area contributed by atoms with E-state index in [4.69, 9.17) is 4.42 Å². The molecule has 12 rings (SSSR count). The molecule has 0 aliphatic heterocycles. The first-order chi connectivity index (χ1) is 31.9. The minimum Gasteiger partial charge on any atom is -0.454 e. The summed E-state index contributed by atoms with van der Waals surface area (Å²) in [6, 6.07) is 81.8. The third kappa shape index (κ3) is 6.56. The zero-order chi connectivity index (χ0) is 43.6. The van der Waals surface area contributed by atoms with Gasteiger partial charge in [-0.1, -0.05) is 183 Å². The van der Waals surface area contributed by atoms with Crippen LogP contribution in [0.25, 0.3) is 76.2 Å². The number of hydrogen-bond donors (Lipinski definition) is 0. The molecule has 310 valence electrons. The lowest BCUT2D eigenvalue weighted by Gasteiger charge is -2.28. The number of furan rings is 1. The van der Waals surface area contributed by atoms with E-state index < -0.39 is 8.07 Å². The average Bonchev–Trinajstić information content (AvgIpc) is 3.74. The van der Waals surface area contributed by atoms with Crippen molar-refractivity contribution in [1.29, 1.82) is 0 Å². The van der Waals surface area contributed by atoms with Crippen molar-refractivity contribution in [3.05, 3.63) is 224 Å². The highest BCUT2D eigenvalue weighted by atomic mass is 28.3. The van der Waals surface area contributed by atoms with Gasteiger partial charge in [-0.25, -0.2) is 0 Å². The molecule has 11 aromatic carbocycles. The number of benzene rings is 11. The monoisotopic (exact) mass is 850 g/mol. The van der Waals surface area contributed by atoms with Crippen molar-refractivity contribution in [3.8, 4) is 11.1 Å². The number of nitrogens with zero attached hydrogens (tertiary/aromatic N) is 2. The number of anilines is 6. The molecule has 0 fully saturated rings. The number of fused-ring (bicyclic) bond motifs is 11. The van der Waals surface area contributed by atoms with Gasteiger partial charge in [0.2, 0.25) is 0 Å². The minimum absolute atomic E-state index is 0.862. The van der Waals surface area contributed by atoms with Gasteiger partial charge < -0.3 is 14.2 Å². The molecule has 0 aliphatic carbocycles. The van der Waals surface area contributed by atoms with E-state index in [2.05, 4.69) is 248 Å². The van der Waals surface area contributed by atoms with E-state index in [1.165, 1.54) is 48.3 Å². The summed E-state index contributed by atoms with van der Waals surface area (Å²) in [5.74, 6) is 0. The third-order valence-electron chi connectivity index (χ3n) is 13.2. The number of rotatable bonds is 8. The van der Waals surface area contributed by atoms with E-state index in [1.54, 1.807) is 0 Å². The van der Waals surface area contributed by atoms with Crippen LogP contribution in [0.3, 0.4) is 0 Å². The van der Waals surface area contributed by atoms with Crippen molar-refractivity contribution in [2.24, 2.45) is 0 Å². The van der Waals surface area contributed by atoms with Crippen molar-refractivity contribution in [2.45, 2.75) is 19.6 Å². The van der Waals surface area contributed by atoms with E-state index in [0.717, 1.165) is 67.2 Å². The lowest BCUT2D eigenvalue weighted by atomic mass is 9.90. The van der Waals surface area contributed by atoms with Crippen LogP contribution in [0.2, 0.25) is 19.6 Å². The maximum absolute atomic E-state index is 6.73. The summed E-state index contributed by atoms with van der Waals surface area (Å²) in [4.78, 5) is 4.77. The molecule has 1 heterocycles. The van der Waals surface area contributed by atoms with E-state index in [1.807, 2.05) is 6.07 Å². The Morgan fingerprint density at radius 1 is 0.354 bits per heavy atom. The Labute approximate surface area is 380 Å². The molecule has 12 aromatic rings. The van der Waals surface area contributed by atoms with Crippen LogP contribution in [0.15, 0.2) is 229 Å². The lowest BCUT2D eigenvalue weighted by molar-refractivity contribution is 0.669. The first kappa shape index (κ1) is 38.7. The summed E-state index contributed by atoms with van der Waals surface area (Å²) in [5, 5.41) is 13.5. The normalized spacial score (nSPS) is 11.9. The summed E-state index contributed by atoms with van der Waals surface area (Å²) in [5.41, 5.74) is 10.6. The van der Waals surface area contributed by atoms with E-state index in [-0.39, 0.29) is 0 Å². The van der Waals surface area contributed by atoms with Gasteiger partial charge in [-0.3, -0.25) is 0 Å². The van der Waals surface area contributed by atoms with E-state index in [9.17, 15) is 0 Å². The quantitative estimate of drug-likeness (QED) is 0.112. The molecule has 0 radical (unpaired) electrons. The Hall–Kier alpha value is -7.92. The fourth-order valence-electron chi connectivity index (χ4n) is 10.0. The van der Waals surface area contributed by atoms with Crippen LogP contribution in [-0.4, -0.2) is 8.07 Å². The third-order valence-corrected chi connectivity index (χ3v) is 15.2. The fraction of sp³-hybridized carbons (Fsp3) is 0.0492. The maximum Gasteiger partial charge on any atom is 0.159 e. The van der Waals surface area contributed by atoms with Crippen molar-refractivity contribution < 1.29 is 4.42 Å². The lowest BCUT2D eigenvalue weighted by Crippen LogP contribution is -2.37. The molecule has 0 atom stereocenters. The minimum atomic E-state index is -1.46. The molecular weight excluding hydrogens is 805 g/mol. The van der Waals surface area contributed by atoms with Gasteiger partial charge in [0, 0.05) is 39.1 Å². The standard InChI is InChI=1S/C61H46N2OSi/c1-65(2,3)47-34-30-44(31-35-47)62(43-19-8-5-9-20-43)46-33-38-51-54-36-29-42-39-45(32-37-49(42)60(54)53-24-11-10-22-50(53)56(51)40-46)63(57-26-14-12-21-48(57)41-17-6-4-7-18-41)58-27-16-25-55-52-23-13-15-28-59(52)64-61(55)58/h4-40H,1-3H3. The van der Waals surface area contributed by atoms with Crippen molar-refractivity contribution in [3.63, 3.8) is 0 Å². The van der Waals surface area contributed by atoms with Gasteiger partial charge in [-0.15, -0.1) is 0 Å². The summed E-state index contributed by atoms with van der Waals surface area (Å²) in [7, 11) is -1.46. The molecule has 0 N–H and O–H groups in total. The second kappa shape index (κ2) is 15.4. The maximum atomic E-state index is 6.73. The van der Waals surface area contributed by atoms with E-state index in [0.29, 0.717) is 0 Å². The molecular formula is C61H46N2OSi. The Morgan fingerprint density at radius 3 is 1.69 bits per heavy atom.